The number of hydrogen-bond donors (Lipinski definition) is 1. The Bertz CT molecular complexity index is 1260. The van der Waals surface area contributed by atoms with E-state index in [-0.39, 0.29) is 24.9 Å². The van der Waals surface area contributed by atoms with Gasteiger partial charge in [-0.15, -0.1) is 0 Å². The molecule has 0 radical (unpaired) electrons. The number of fused-ring (bicyclic) bond motifs is 1. The topological polar surface area (TPSA) is 73.2 Å². The van der Waals surface area contributed by atoms with Crippen molar-refractivity contribution in [2.24, 2.45) is 0 Å². The first kappa shape index (κ1) is 22.3. The number of para-hydroxylation sites is 4. The van der Waals surface area contributed by atoms with Crippen LogP contribution in [0.1, 0.15) is 37.6 Å². The standard InChI is InChI=1S/C27H27N3O3/c1-19(2)21-12-6-7-13-22(21)29-26(31)18-33-27(32)17-16-25-28-23-14-8-9-15-24(23)30(25)20-10-4-3-5-11-20/h3-15,19H,16-18H2,1-2H3,(H,29,31). The Morgan fingerprint density at radius 1 is 0.939 bits per heavy atom. The summed E-state index contributed by atoms with van der Waals surface area (Å²) in [6.07, 6.45) is 0.534. The molecule has 0 saturated carbocycles. The van der Waals surface area contributed by atoms with Crippen LogP contribution in [0.25, 0.3) is 16.7 Å². The number of esters is 1. The second-order valence-electron chi connectivity index (χ2n) is 8.14. The Labute approximate surface area is 193 Å². The van der Waals surface area contributed by atoms with Crippen LogP contribution in [0.15, 0.2) is 78.9 Å². The zero-order chi connectivity index (χ0) is 23.2. The summed E-state index contributed by atoms with van der Waals surface area (Å²) in [4.78, 5) is 29.4. The van der Waals surface area contributed by atoms with Crippen LogP contribution in [-0.4, -0.2) is 28.0 Å². The summed E-state index contributed by atoms with van der Waals surface area (Å²) in [5.41, 5.74) is 4.61. The number of amides is 1. The number of anilines is 1. The molecule has 0 fully saturated rings. The highest BCUT2D eigenvalue weighted by molar-refractivity contribution is 5.93. The van der Waals surface area contributed by atoms with Crippen molar-refractivity contribution in [2.75, 3.05) is 11.9 Å². The van der Waals surface area contributed by atoms with E-state index in [1.54, 1.807) is 0 Å². The fourth-order valence-corrected chi connectivity index (χ4v) is 3.84. The van der Waals surface area contributed by atoms with Gasteiger partial charge in [0.2, 0.25) is 0 Å². The van der Waals surface area contributed by atoms with E-state index < -0.39 is 5.97 Å². The van der Waals surface area contributed by atoms with E-state index in [0.29, 0.717) is 6.42 Å². The zero-order valence-electron chi connectivity index (χ0n) is 18.8. The zero-order valence-corrected chi connectivity index (χ0v) is 18.8. The van der Waals surface area contributed by atoms with Gasteiger partial charge in [-0.1, -0.05) is 62.4 Å². The molecule has 0 aliphatic rings. The van der Waals surface area contributed by atoms with Crippen molar-refractivity contribution < 1.29 is 14.3 Å². The second kappa shape index (κ2) is 10.1. The van der Waals surface area contributed by atoms with Gasteiger partial charge in [-0.3, -0.25) is 14.2 Å². The Hall–Kier alpha value is -3.93. The van der Waals surface area contributed by atoms with Crippen molar-refractivity contribution in [2.45, 2.75) is 32.6 Å². The highest BCUT2D eigenvalue weighted by Gasteiger charge is 2.15. The third-order valence-corrected chi connectivity index (χ3v) is 5.42. The summed E-state index contributed by atoms with van der Waals surface area (Å²) in [6.45, 7) is 3.81. The largest absolute Gasteiger partial charge is 0.456 e. The number of hydrogen-bond acceptors (Lipinski definition) is 4. The number of carbonyl (C=O) groups excluding carboxylic acids is 2. The average Bonchev–Trinajstić information content (AvgIpc) is 3.20. The van der Waals surface area contributed by atoms with Gasteiger partial charge in [-0.25, -0.2) is 4.98 Å². The fourth-order valence-electron chi connectivity index (χ4n) is 3.84. The Morgan fingerprint density at radius 2 is 1.64 bits per heavy atom. The third-order valence-electron chi connectivity index (χ3n) is 5.42. The lowest BCUT2D eigenvalue weighted by Crippen LogP contribution is -2.22. The predicted octanol–water partition coefficient (Wildman–Crippen LogP) is 5.26. The first-order chi connectivity index (χ1) is 16.0. The number of rotatable bonds is 8. The van der Waals surface area contributed by atoms with E-state index in [9.17, 15) is 9.59 Å². The molecule has 0 aliphatic carbocycles. The molecule has 0 bridgehead atoms. The van der Waals surface area contributed by atoms with Crippen LogP contribution in [0.4, 0.5) is 5.69 Å². The normalized spacial score (nSPS) is 11.0. The van der Waals surface area contributed by atoms with Gasteiger partial charge >= 0.3 is 5.97 Å². The molecule has 1 N–H and O–H groups in total. The number of aromatic nitrogens is 2. The Morgan fingerprint density at radius 3 is 2.42 bits per heavy atom. The number of nitrogens with zero attached hydrogens (tertiary/aromatic N) is 2. The Kier molecular flexibility index (Phi) is 6.83. The van der Waals surface area contributed by atoms with Crippen LogP contribution in [0.5, 0.6) is 0 Å². The predicted molar refractivity (Wildman–Crippen MR) is 130 cm³/mol. The summed E-state index contributed by atoms with van der Waals surface area (Å²) in [5.74, 6) is 0.254. The molecule has 1 heterocycles. The van der Waals surface area contributed by atoms with E-state index in [2.05, 4.69) is 23.7 Å². The number of imidazole rings is 1. The van der Waals surface area contributed by atoms with Crippen LogP contribution in [-0.2, 0) is 20.7 Å². The second-order valence-corrected chi connectivity index (χ2v) is 8.14. The van der Waals surface area contributed by atoms with Gasteiger partial charge in [0.25, 0.3) is 5.91 Å². The number of aryl methyl sites for hydroxylation is 1. The monoisotopic (exact) mass is 441 g/mol. The van der Waals surface area contributed by atoms with Gasteiger partial charge in [0.05, 0.1) is 17.5 Å². The van der Waals surface area contributed by atoms with Crippen molar-refractivity contribution >= 4 is 28.6 Å². The minimum absolute atomic E-state index is 0.131. The lowest BCUT2D eigenvalue weighted by Gasteiger charge is -2.13. The SMILES string of the molecule is CC(C)c1ccccc1NC(=O)COC(=O)CCc1nc2ccccc2n1-c1ccccc1. The van der Waals surface area contributed by atoms with Crippen molar-refractivity contribution in [3.63, 3.8) is 0 Å². The minimum Gasteiger partial charge on any atom is -0.456 e. The molecule has 1 amide bonds. The van der Waals surface area contributed by atoms with Crippen LogP contribution >= 0.6 is 0 Å². The highest BCUT2D eigenvalue weighted by atomic mass is 16.5. The molecule has 4 rings (SSSR count). The lowest BCUT2D eigenvalue weighted by molar-refractivity contribution is -0.147. The number of benzene rings is 3. The van der Waals surface area contributed by atoms with Crippen LogP contribution in [0.3, 0.4) is 0 Å². The summed E-state index contributed by atoms with van der Waals surface area (Å²) in [7, 11) is 0. The Balaban J connectivity index is 1.38. The van der Waals surface area contributed by atoms with Crippen LogP contribution < -0.4 is 5.32 Å². The van der Waals surface area contributed by atoms with Crippen LogP contribution in [0.2, 0.25) is 0 Å². The summed E-state index contributed by atoms with van der Waals surface area (Å²) >= 11 is 0. The smallest absolute Gasteiger partial charge is 0.306 e. The summed E-state index contributed by atoms with van der Waals surface area (Å²) in [6, 6.07) is 25.4. The molecule has 3 aromatic carbocycles. The molecule has 6 heteroatoms. The fraction of sp³-hybridized carbons (Fsp3) is 0.222. The van der Waals surface area contributed by atoms with Gasteiger partial charge in [0.1, 0.15) is 5.82 Å². The summed E-state index contributed by atoms with van der Waals surface area (Å²) < 4.78 is 7.28. The van der Waals surface area contributed by atoms with E-state index in [1.807, 2.05) is 78.9 Å². The maximum Gasteiger partial charge on any atom is 0.306 e. The molecule has 4 aromatic rings. The number of ether oxygens (including phenoxy) is 1. The number of nitrogens with one attached hydrogen (secondary N) is 1. The first-order valence-electron chi connectivity index (χ1n) is 11.1. The highest BCUT2D eigenvalue weighted by Crippen LogP contribution is 2.24. The molecular weight excluding hydrogens is 414 g/mol. The molecule has 1 aromatic heterocycles. The van der Waals surface area contributed by atoms with Crippen molar-refractivity contribution in [1.29, 1.82) is 0 Å². The van der Waals surface area contributed by atoms with E-state index in [0.717, 1.165) is 33.8 Å². The minimum atomic E-state index is -0.436. The summed E-state index contributed by atoms with van der Waals surface area (Å²) in [5, 5.41) is 2.84. The van der Waals surface area contributed by atoms with Gasteiger partial charge in [-0.2, -0.15) is 0 Å². The molecule has 0 atom stereocenters. The number of carbonyl (C=O) groups is 2. The maximum absolute atomic E-state index is 12.4. The molecular formula is C27H27N3O3. The molecule has 6 nitrogen and oxygen atoms in total. The molecule has 0 aliphatic heterocycles. The van der Waals surface area contributed by atoms with Crippen molar-refractivity contribution in [1.82, 2.24) is 9.55 Å². The van der Waals surface area contributed by atoms with Gasteiger partial charge < -0.3 is 10.1 Å². The van der Waals surface area contributed by atoms with Crippen molar-refractivity contribution in [3.05, 3.63) is 90.3 Å². The average molecular weight is 442 g/mol. The molecule has 0 saturated heterocycles. The van der Waals surface area contributed by atoms with Crippen LogP contribution in [0, 0.1) is 0 Å². The lowest BCUT2D eigenvalue weighted by atomic mass is 10.0. The third kappa shape index (κ3) is 5.29. The molecule has 168 valence electrons. The quantitative estimate of drug-likeness (QED) is 0.378. The van der Waals surface area contributed by atoms with E-state index >= 15 is 0 Å². The van der Waals surface area contributed by atoms with Crippen molar-refractivity contribution in [3.8, 4) is 5.69 Å². The van der Waals surface area contributed by atoms with E-state index in [4.69, 9.17) is 9.72 Å². The van der Waals surface area contributed by atoms with Gasteiger partial charge in [0.15, 0.2) is 6.61 Å². The molecule has 0 spiro atoms. The first-order valence-corrected chi connectivity index (χ1v) is 11.1. The molecule has 0 unspecified atom stereocenters. The van der Waals surface area contributed by atoms with E-state index in [1.165, 1.54) is 0 Å². The van der Waals surface area contributed by atoms with Gasteiger partial charge in [-0.05, 0) is 41.8 Å². The maximum atomic E-state index is 12.4. The van der Waals surface area contributed by atoms with Gasteiger partial charge in [0, 0.05) is 17.8 Å². The molecule has 33 heavy (non-hydrogen) atoms.